The number of hydrogen-bond acceptors (Lipinski definition) is 6. The standard InChI is InChI=1S/C16H17N5O3/c1-7-10(4)24-16-11(7)14(17-6-18-16)19-15(23)13(22)12-8(2)20-21(5)9(12)3/h6H,1-5H3,(H,17,18,19,23). The first-order chi connectivity index (χ1) is 11.3. The second kappa shape index (κ2) is 5.55. The molecule has 8 nitrogen and oxygen atoms in total. The Hall–Kier alpha value is -3.03. The highest BCUT2D eigenvalue weighted by Gasteiger charge is 2.25. The monoisotopic (exact) mass is 327 g/mol. The molecular formula is C16H17N5O3. The molecule has 3 aromatic rings. The second-order valence-electron chi connectivity index (χ2n) is 5.64. The summed E-state index contributed by atoms with van der Waals surface area (Å²) in [6, 6.07) is 0. The third-order valence-corrected chi connectivity index (χ3v) is 4.14. The summed E-state index contributed by atoms with van der Waals surface area (Å²) in [6.45, 7) is 7.08. The highest BCUT2D eigenvalue weighted by molar-refractivity contribution is 6.47. The molecule has 3 heterocycles. The molecule has 0 bridgehead atoms. The van der Waals surface area contributed by atoms with Crippen LogP contribution >= 0.6 is 0 Å². The van der Waals surface area contributed by atoms with E-state index in [0.717, 1.165) is 5.56 Å². The molecule has 0 aliphatic carbocycles. The number of amides is 1. The lowest BCUT2D eigenvalue weighted by atomic mass is 10.1. The van der Waals surface area contributed by atoms with Crippen molar-refractivity contribution in [3.05, 3.63) is 34.6 Å². The topological polar surface area (TPSA) is 103 Å². The summed E-state index contributed by atoms with van der Waals surface area (Å²) in [7, 11) is 1.72. The number of carbonyl (C=O) groups is 2. The van der Waals surface area contributed by atoms with Crippen molar-refractivity contribution < 1.29 is 14.0 Å². The van der Waals surface area contributed by atoms with Crippen molar-refractivity contribution in [1.29, 1.82) is 0 Å². The summed E-state index contributed by atoms with van der Waals surface area (Å²) in [4.78, 5) is 33.0. The Kier molecular flexibility index (Phi) is 3.67. The summed E-state index contributed by atoms with van der Waals surface area (Å²) in [5.74, 6) is -0.478. The average Bonchev–Trinajstić information content (AvgIpc) is 2.96. The van der Waals surface area contributed by atoms with Crippen LogP contribution in [0.2, 0.25) is 0 Å². The molecule has 0 fully saturated rings. The van der Waals surface area contributed by atoms with Crippen LogP contribution in [-0.2, 0) is 11.8 Å². The van der Waals surface area contributed by atoms with Crippen molar-refractivity contribution in [2.45, 2.75) is 27.7 Å². The van der Waals surface area contributed by atoms with E-state index >= 15 is 0 Å². The van der Waals surface area contributed by atoms with E-state index in [1.807, 2.05) is 6.92 Å². The Bertz CT molecular complexity index is 983. The number of nitrogens with one attached hydrogen (secondary N) is 1. The fourth-order valence-electron chi connectivity index (χ4n) is 2.66. The number of nitrogens with zero attached hydrogens (tertiary/aromatic N) is 4. The van der Waals surface area contributed by atoms with E-state index in [9.17, 15) is 9.59 Å². The zero-order valence-corrected chi connectivity index (χ0v) is 14.1. The highest BCUT2D eigenvalue weighted by Crippen LogP contribution is 2.28. The van der Waals surface area contributed by atoms with Gasteiger partial charge in [-0.1, -0.05) is 0 Å². The van der Waals surface area contributed by atoms with Crippen molar-refractivity contribution in [3.8, 4) is 0 Å². The largest absolute Gasteiger partial charge is 0.443 e. The molecular weight excluding hydrogens is 310 g/mol. The van der Waals surface area contributed by atoms with Gasteiger partial charge >= 0.3 is 0 Å². The van der Waals surface area contributed by atoms with Gasteiger partial charge < -0.3 is 9.73 Å². The molecule has 0 atom stereocenters. The Labute approximate surface area is 137 Å². The number of rotatable bonds is 3. The van der Waals surface area contributed by atoms with E-state index in [0.29, 0.717) is 33.8 Å². The first-order valence-corrected chi connectivity index (χ1v) is 7.37. The maximum absolute atomic E-state index is 12.5. The van der Waals surface area contributed by atoms with E-state index in [-0.39, 0.29) is 5.82 Å². The van der Waals surface area contributed by atoms with Crippen LogP contribution in [0.4, 0.5) is 5.82 Å². The van der Waals surface area contributed by atoms with Gasteiger partial charge in [0.1, 0.15) is 17.9 Å². The van der Waals surface area contributed by atoms with Crippen molar-refractivity contribution >= 4 is 28.6 Å². The van der Waals surface area contributed by atoms with Gasteiger partial charge in [0, 0.05) is 18.3 Å². The fraction of sp³-hybridized carbons (Fsp3) is 0.312. The summed E-state index contributed by atoms with van der Waals surface area (Å²) < 4.78 is 7.08. The molecule has 0 aliphatic heterocycles. The minimum absolute atomic E-state index is 0.256. The fourth-order valence-corrected chi connectivity index (χ4v) is 2.66. The summed E-state index contributed by atoms with van der Waals surface area (Å²) >= 11 is 0. The highest BCUT2D eigenvalue weighted by atomic mass is 16.3. The van der Waals surface area contributed by atoms with Gasteiger partial charge in [-0.3, -0.25) is 14.3 Å². The van der Waals surface area contributed by atoms with Gasteiger partial charge in [0.2, 0.25) is 5.71 Å². The third kappa shape index (κ3) is 2.36. The molecule has 0 spiro atoms. The number of hydrogen-bond donors (Lipinski definition) is 1. The third-order valence-electron chi connectivity index (χ3n) is 4.14. The van der Waals surface area contributed by atoms with Gasteiger partial charge in [0.15, 0.2) is 0 Å². The zero-order chi connectivity index (χ0) is 17.6. The van der Waals surface area contributed by atoms with Gasteiger partial charge in [-0.25, -0.2) is 9.97 Å². The molecule has 0 saturated carbocycles. The minimum atomic E-state index is -0.771. The summed E-state index contributed by atoms with van der Waals surface area (Å²) in [6.07, 6.45) is 1.28. The number of Topliss-reactive ketones (excluding diaryl/α,β-unsaturated/α-hetero) is 1. The van der Waals surface area contributed by atoms with Crippen LogP contribution in [0.1, 0.15) is 33.1 Å². The molecule has 3 rings (SSSR count). The molecule has 1 amide bonds. The first-order valence-electron chi connectivity index (χ1n) is 7.37. The quantitative estimate of drug-likeness (QED) is 0.583. The number of fused-ring (bicyclic) bond motifs is 1. The van der Waals surface area contributed by atoms with Crippen LogP contribution in [0.3, 0.4) is 0 Å². The van der Waals surface area contributed by atoms with Crippen molar-refractivity contribution in [3.63, 3.8) is 0 Å². The number of aromatic nitrogens is 4. The summed E-state index contributed by atoms with van der Waals surface area (Å²) in [5.41, 5.74) is 2.65. The van der Waals surface area contributed by atoms with Crippen molar-refractivity contribution in [2.24, 2.45) is 7.05 Å². The van der Waals surface area contributed by atoms with Crippen LogP contribution < -0.4 is 5.32 Å². The molecule has 0 unspecified atom stereocenters. The molecule has 0 aromatic carbocycles. The molecule has 1 N–H and O–H groups in total. The number of carbonyl (C=O) groups excluding carboxylic acids is 2. The van der Waals surface area contributed by atoms with Gasteiger partial charge in [-0.2, -0.15) is 5.10 Å². The van der Waals surface area contributed by atoms with Crippen LogP contribution in [0, 0.1) is 27.7 Å². The predicted octanol–water partition coefficient (Wildman–Crippen LogP) is 2.01. The molecule has 0 saturated heterocycles. The SMILES string of the molecule is Cc1nn(C)c(C)c1C(=O)C(=O)Nc1ncnc2oc(C)c(C)c12. The van der Waals surface area contributed by atoms with Gasteiger partial charge in [0.05, 0.1) is 16.6 Å². The smallest absolute Gasteiger partial charge is 0.298 e. The van der Waals surface area contributed by atoms with Crippen LogP contribution in [0.5, 0.6) is 0 Å². The zero-order valence-electron chi connectivity index (χ0n) is 14.1. The normalized spacial score (nSPS) is 11.0. The van der Waals surface area contributed by atoms with Gasteiger partial charge in [-0.15, -0.1) is 0 Å². The number of ketones is 1. The number of aryl methyl sites for hydroxylation is 4. The van der Waals surface area contributed by atoms with Gasteiger partial charge in [0.25, 0.3) is 11.7 Å². The van der Waals surface area contributed by atoms with Crippen LogP contribution in [0.15, 0.2) is 10.7 Å². The number of anilines is 1. The minimum Gasteiger partial charge on any atom is -0.443 e. The Morgan fingerprint density at radius 3 is 2.50 bits per heavy atom. The van der Waals surface area contributed by atoms with E-state index in [1.54, 1.807) is 32.5 Å². The Morgan fingerprint density at radius 2 is 1.88 bits per heavy atom. The maximum Gasteiger partial charge on any atom is 0.298 e. The lowest BCUT2D eigenvalue weighted by Crippen LogP contribution is -2.24. The number of furan rings is 1. The van der Waals surface area contributed by atoms with Crippen LogP contribution in [0.25, 0.3) is 11.1 Å². The predicted molar refractivity (Wildman–Crippen MR) is 86.9 cm³/mol. The van der Waals surface area contributed by atoms with Crippen molar-refractivity contribution in [2.75, 3.05) is 5.32 Å². The molecule has 0 aliphatic rings. The van der Waals surface area contributed by atoms with E-state index in [2.05, 4.69) is 20.4 Å². The van der Waals surface area contributed by atoms with E-state index < -0.39 is 11.7 Å². The molecule has 24 heavy (non-hydrogen) atoms. The Balaban J connectivity index is 1.97. The average molecular weight is 327 g/mol. The van der Waals surface area contributed by atoms with E-state index in [4.69, 9.17) is 4.42 Å². The molecule has 0 radical (unpaired) electrons. The first kappa shape index (κ1) is 15.9. The molecule has 8 heteroatoms. The summed E-state index contributed by atoms with van der Waals surface area (Å²) in [5, 5.41) is 7.32. The van der Waals surface area contributed by atoms with E-state index in [1.165, 1.54) is 6.33 Å². The van der Waals surface area contributed by atoms with Crippen molar-refractivity contribution in [1.82, 2.24) is 19.7 Å². The van der Waals surface area contributed by atoms with Gasteiger partial charge in [-0.05, 0) is 27.7 Å². The van der Waals surface area contributed by atoms with Crippen LogP contribution in [-0.4, -0.2) is 31.4 Å². The molecule has 124 valence electrons. The Morgan fingerprint density at radius 1 is 1.17 bits per heavy atom. The second-order valence-corrected chi connectivity index (χ2v) is 5.64. The lowest BCUT2D eigenvalue weighted by molar-refractivity contribution is -0.112. The molecule has 3 aromatic heterocycles. The maximum atomic E-state index is 12.5. The lowest BCUT2D eigenvalue weighted by Gasteiger charge is -2.05.